The van der Waals surface area contributed by atoms with Gasteiger partial charge in [-0.05, 0) is 12.5 Å². The molecule has 0 saturated heterocycles. The molecule has 0 heterocycles. The van der Waals surface area contributed by atoms with Crippen LogP contribution in [0.1, 0.15) is 18.1 Å². The Kier molecular flexibility index (Phi) is 10.5. The molecule has 4 radical (unpaired) electrons. The number of alkyl halides is 1. The van der Waals surface area contributed by atoms with Gasteiger partial charge in [0.25, 0.3) is 0 Å². The monoisotopic (exact) mass is 222 g/mol. The molecule has 1 atom stereocenters. The van der Waals surface area contributed by atoms with E-state index < -0.39 is 6.10 Å². The molecule has 1 rings (SSSR count). The van der Waals surface area contributed by atoms with E-state index in [1.807, 2.05) is 0 Å². The van der Waals surface area contributed by atoms with Gasteiger partial charge in [0, 0.05) is 11.4 Å². The zero-order valence-corrected chi connectivity index (χ0v) is 10.8. The quantitative estimate of drug-likeness (QED) is 0.520. The summed E-state index contributed by atoms with van der Waals surface area (Å²) >= 11 is 5.42. The molecule has 1 N–H and O–H groups in total. The van der Waals surface area contributed by atoms with Crippen LogP contribution in [0.5, 0.6) is 0 Å². The first-order valence-electron chi connectivity index (χ1n) is 3.74. The van der Waals surface area contributed by atoms with Crippen molar-refractivity contribution in [1.82, 2.24) is 0 Å². The predicted octanol–water partition coefficient (Wildman–Crippen LogP) is -0.889. The van der Waals surface area contributed by atoms with Gasteiger partial charge in [-0.1, -0.05) is 18.2 Å². The molecule has 0 bridgehead atoms. The molecule has 1 aromatic rings. The Bertz CT molecular complexity index is 262. The normalized spacial score (nSPS) is 11.1. The predicted molar refractivity (Wildman–Crippen MR) is 52.5 cm³/mol. The first-order valence-corrected chi connectivity index (χ1v) is 4.27. The Balaban J connectivity index is 0. The largest absolute Gasteiger partial charge is 1.00 e. The molecule has 0 fully saturated rings. The van der Waals surface area contributed by atoms with E-state index >= 15 is 0 Å². The zero-order chi connectivity index (χ0) is 8.97. The molecule has 0 spiro atoms. The van der Waals surface area contributed by atoms with Crippen LogP contribution in [0, 0.1) is 5.82 Å². The van der Waals surface area contributed by atoms with Crippen molar-refractivity contribution < 1.29 is 39.1 Å². The van der Waals surface area contributed by atoms with Crippen molar-refractivity contribution in [1.29, 1.82) is 0 Å². The summed E-state index contributed by atoms with van der Waals surface area (Å²) in [6.07, 6.45) is -0.411. The summed E-state index contributed by atoms with van der Waals surface area (Å²) < 4.78 is 13.0. The molecule has 1 aromatic carbocycles. The van der Waals surface area contributed by atoms with Gasteiger partial charge in [0.05, 0.1) is 6.10 Å². The van der Waals surface area contributed by atoms with Crippen molar-refractivity contribution in [2.45, 2.75) is 12.5 Å². The minimum absolute atomic E-state index is 0. The maximum atomic E-state index is 13.0. The van der Waals surface area contributed by atoms with Crippen molar-refractivity contribution in [3.05, 3.63) is 35.6 Å². The van der Waals surface area contributed by atoms with Crippen LogP contribution in [0.4, 0.5) is 4.39 Å². The summed E-state index contributed by atoms with van der Waals surface area (Å²) in [6.45, 7) is 0. The maximum Gasteiger partial charge on any atom is 1.00 e. The third-order valence-electron chi connectivity index (χ3n) is 1.65. The van der Waals surface area contributed by atoms with E-state index in [9.17, 15) is 9.50 Å². The van der Waals surface area contributed by atoms with Crippen LogP contribution in [0.2, 0.25) is 0 Å². The van der Waals surface area contributed by atoms with E-state index in [1.165, 1.54) is 6.07 Å². The van der Waals surface area contributed by atoms with Crippen LogP contribution in [-0.2, 0) is 0 Å². The van der Waals surface area contributed by atoms with Gasteiger partial charge in [0.2, 0.25) is 0 Å². The minimum Gasteiger partial charge on any atom is -1.00 e. The summed E-state index contributed by atoms with van der Waals surface area (Å²) in [7, 11) is 0. The SMILES string of the molecule is OC(CCCl)c1ccccc1F.[B-].[Na+]. The summed E-state index contributed by atoms with van der Waals surface area (Å²) in [5.74, 6) is -0.0507. The van der Waals surface area contributed by atoms with Crippen LogP contribution < -0.4 is 29.6 Å². The van der Waals surface area contributed by atoms with Crippen molar-refractivity contribution >= 4 is 20.0 Å². The third-order valence-corrected chi connectivity index (χ3v) is 1.86. The summed E-state index contributed by atoms with van der Waals surface area (Å²) in [5, 5.41) is 9.38. The molecule has 5 heteroatoms. The van der Waals surface area contributed by atoms with E-state index in [0.717, 1.165) is 0 Å². The van der Waals surface area contributed by atoms with E-state index in [4.69, 9.17) is 11.6 Å². The second kappa shape index (κ2) is 8.75. The minimum atomic E-state index is -0.788. The van der Waals surface area contributed by atoms with Crippen LogP contribution in [-0.4, -0.2) is 19.4 Å². The molecular formula is C9H10BClFNaO. The summed E-state index contributed by atoms with van der Waals surface area (Å²) in [6, 6.07) is 6.17. The van der Waals surface area contributed by atoms with Crippen molar-refractivity contribution in [3.8, 4) is 0 Å². The standard InChI is InChI=1S/C9H10ClFO.B.Na/c10-6-5-9(12)7-3-1-2-4-8(7)11;;/h1-4,9,12H,5-6H2;;/q;-1;+1. The zero-order valence-electron chi connectivity index (χ0n) is 8.08. The summed E-state index contributed by atoms with van der Waals surface area (Å²) in [5.41, 5.74) is 0.318. The first kappa shape index (κ1) is 16.9. The molecular weight excluding hydrogens is 212 g/mol. The molecule has 1 unspecified atom stereocenters. The van der Waals surface area contributed by atoms with Crippen LogP contribution in [0.15, 0.2) is 24.3 Å². The van der Waals surface area contributed by atoms with Crippen LogP contribution >= 0.6 is 11.6 Å². The van der Waals surface area contributed by atoms with Crippen LogP contribution in [0.3, 0.4) is 0 Å². The van der Waals surface area contributed by atoms with Gasteiger partial charge >= 0.3 is 29.6 Å². The number of aliphatic hydroxyl groups excluding tert-OH is 1. The van der Waals surface area contributed by atoms with Gasteiger partial charge in [0.1, 0.15) is 5.82 Å². The number of rotatable bonds is 3. The smallest absolute Gasteiger partial charge is 1.00 e. The molecule has 0 aromatic heterocycles. The Morgan fingerprint density at radius 3 is 2.43 bits per heavy atom. The molecule has 0 amide bonds. The van der Waals surface area contributed by atoms with Crippen molar-refractivity contribution in [3.63, 3.8) is 0 Å². The number of benzene rings is 1. The number of hydrogen-bond acceptors (Lipinski definition) is 1. The topological polar surface area (TPSA) is 20.2 Å². The van der Waals surface area contributed by atoms with Crippen molar-refractivity contribution in [2.24, 2.45) is 0 Å². The molecule has 70 valence electrons. The second-order valence-corrected chi connectivity index (χ2v) is 2.89. The van der Waals surface area contributed by atoms with E-state index in [0.29, 0.717) is 17.9 Å². The molecule has 0 saturated carbocycles. The first-order chi connectivity index (χ1) is 5.75. The van der Waals surface area contributed by atoms with Gasteiger partial charge < -0.3 is 13.5 Å². The molecule has 14 heavy (non-hydrogen) atoms. The van der Waals surface area contributed by atoms with Crippen LogP contribution in [0.25, 0.3) is 0 Å². The van der Waals surface area contributed by atoms with Gasteiger partial charge in [-0.3, -0.25) is 0 Å². The average molecular weight is 222 g/mol. The molecule has 1 nitrogen and oxygen atoms in total. The van der Waals surface area contributed by atoms with Gasteiger partial charge in [-0.25, -0.2) is 4.39 Å². The second-order valence-electron chi connectivity index (χ2n) is 2.51. The molecule has 0 aliphatic heterocycles. The molecule has 0 aliphatic carbocycles. The number of halogens is 2. The van der Waals surface area contributed by atoms with Gasteiger partial charge in [-0.15, -0.1) is 11.6 Å². The number of aliphatic hydroxyl groups is 1. The fourth-order valence-corrected chi connectivity index (χ4v) is 1.21. The third kappa shape index (κ3) is 4.81. The van der Waals surface area contributed by atoms with Crippen molar-refractivity contribution in [2.75, 3.05) is 5.88 Å². The maximum absolute atomic E-state index is 13.0. The Hall–Kier alpha value is 0.465. The van der Waals surface area contributed by atoms with Gasteiger partial charge in [-0.2, -0.15) is 0 Å². The number of hydrogen-bond donors (Lipinski definition) is 1. The van der Waals surface area contributed by atoms with Gasteiger partial charge in [0.15, 0.2) is 0 Å². The summed E-state index contributed by atoms with van der Waals surface area (Å²) in [4.78, 5) is 0. The Morgan fingerprint density at radius 2 is 1.93 bits per heavy atom. The molecule has 0 aliphatic rings. The Labute approximate surface area is 113 Å². The Morgan fingerprint density at radius 1 is 1.36 bits per heavy atom. The van der Waals surface area contributed by atoms with E-state index in [1.54, 1.807) is 18.2 Å². The van der Waals surface area contributed by atoms with E-state index in [2.05, 4.69) is 0 Å². The fraction of sp³-hybridized carbons (Fsp3) is 0.333. The average Bonchev–Trinajstić information content (AvgIpc) is 2.05. The fourth-order valence-electron chi connectivity index (χ4n) is 1.00. The van der Waals surface area contributed by atoms with E-state index in [-0.39, 0.29) is 43.8 Å².